The monoisotopic (exact) mass is 269 g/mol. The van der Waals surface area contributed by atoms with Crippen molar-refractivity contribution in [3.05, 3.63) is 30.5 Å². The van der Waals surface area contributed by atoms with Gasteiger partial charge in [0.25, 0.3) is 0 Å². The molecule has 0 bridgehead atoms. The second kappa shape index (κ2) is 5.10. The molecule has 0 amide bonds. The predicted molar refractivity (Wildman–Crippen MR) is 62.1 cm³/mol. The molecule has 18 heavy (non-hydrogen) atoms. The molecule has 0 atom stereocenters. The van der Waals surface area contributed by atoms with Crippen molar-refractivity contribution >= 4 is 15.8 Å². The van der Waals surface area contributed by atoms with Gasteiger partial charge in [0, 0.05) is 13.2 Å². The molecule has 0 fully saturated rings. The van der Waals surface area contributed by atoms with Gasteiger partial charge in [-0.3, -0.25) is 0 Å². The Balaban J connectivity index is 2.09. The zero-order valence-corrected chi connectivity index (χ0v) is 10.3. The minimum absolute atomic E-state index is 0.0351. The van der Waals surface area contributed by atoms with Crippen molar-refractivity contribution in [1.29, 1.82) is 0 Å². The Hall–Kier alpha value is -2.00. The first-order valence-electron chi connectivity index (χ1n) is 5.00. The van der Waals surface area contributed by atoms with E-state index in [2.05, 4.69) is 29.7 Å². The maximum absolute atomic E-state index is 11.9. The van der Waals surface area contributed by atoms with E-state index in [0.717, 1.165) is 6.39 Å². The summed E-state index contributed by atoms with van der Waals surface area (Å²) in [4.78, 5) is 7.71. The first-order chi connectivity index (χ1) is 8.62. The number of nitrogens with one attached hydrogen (secondary N) is 2. The van der Waals surface area contributed by atoms with Crippen molar-refractivity contribution < 1.29 is 12.9 Å². The summed E-state index contributed by atoms with van der Waals surface area (Å²) < 4.78 is 30.6. The van der Waals surface area contributed by atoms with Crippen molar-refractivity contribution in [1.82, 2.24) is 19.8 Å². The van der Waals surface area contributed by atoms with Crippen LogP contribution < -0.4 is 10.0 Å². The molecule has 2 N–H and O–H groups in total. The minimum Gasteiger partial charge on any atom is -0.373 e. The van der Waals surface area contributed by atoms with Gasteiger partial charge in [0.2, 0.25) is 16.4 Å². The van der Waals surface area contributed by atoms with Crippen LogP contribution in [0.3, 0.4) is 0 Å². The van der Waals surface area contributed by atoms with Crippen LogP contribution in [0.2, 0.25) is 0 Å². The third kappa shape index (κ3) is 2.81. The fourth-order valence-corrected chi connectivity index (χ4v) is 2.12. The summed E-state index contributed by atoms with van der Waals surface area (Å²) in [6.07, 6.45) is 2.40. The van der Waals surface area contributed by atoms with Crippen LogP contribution in [0.5, 0.6) is 0 Å². The lowest BCUT2D eigenvalue weighted by Gasteiger charge is -2.05. The molecule has 2 heterocycles. The molecule has 0 aliphatic rings. The van der Waals surface area contributed by atoms with E-state index >= 15 is 0 Å². The highest BCUT2D eigenvalue weighted by Gasteiger charge is 2.15. The summed E-state index contributed by atoms with van der Waals surface area (Å²) in [5.74, 6) is 0.852. The molecule has 0 unspecified atom stereocenters. The normalized spacial score (nSPS) is 11.4. The van der Waals surface area contributed by atoms with Crippen molar-refractivity contribution in [2.45, 2.75) is 11.4 Å². The average molecular weight is 269 g/mol. The van der Waals surface area contributed by atoms with Crippen LogP contribution in [0, 0.1) is 0 Å². The van der Waals surface area contributed by atoms with E-state index in [0.29, 0.717) is 5.82 Å². The molecular weight excluding hydrogens is 258 g/mol. The highest BCUT2D eigenvalue weighted by Crippen LogP contribution is 2.10. The molecule has 96 valence electrons. The highest BCUT2D eigenvalue weighted by atomic mass is 32.2. The second-order valence-corrected chi connectivity index (χ2v) is 5.07. The van der Waals surface area contributed by atoms with E-state index < -0.39 is 10.0 Å². The van der Waals surface area contributed by atoms with E-state index in [4.69, 9.17) is 0 Å². The number of hydrogen-bond donors (Lipinski definition) is 2. The van der Waals surface area contributed by atoms with Crippen molar-refractivity contribution in [2.75, 3.05) is 12.4 Å². The molecule has 9 heteroatoms. The molecule has 8 nitrogen and oxygen atoms in total. The standard InChI is InChI=1S/C9H11N5O3S/c1-10-8-3-2-7(4-11-8)18(15,16)13-5-9-12-6-17-14-9/h2-4,6,13H,5H2,1H3,(H,10,11). The Morgan fingerprint density at radius 2 is 2.17 bits per heavy atom. The first-order valence-corrected chi connectivity index (χ1v) is 6.49. The van der Waals surface area contributed by atoms with E-state index in [9.17, 15) is 8.42 Å². The zero-order valence-electron chi connectivity index (χ0n) is 9.49. The number of nitrogens with zero attached hydrogens (tertiary/aromatic N) is 3. The first kappa shape index (κ1) is 12.5. The van der Waals surface area contributed by atoms with Crippen molar-refractivity contribution in [3.63, 3.8) is 0 Å². The maximum Gasteiger partial charge on any atom is 0.242 e. The largest absolute Gasteiger partial charge is 0.373 e. The Labute approximate surface area is 103 Å². The quantitative estimate of drug-likeness (QED) is 0.785. The van der Waals surface area contributed by atoms with Gasteiger partial charge in [-0.15, -0.1) is 0 Å². The van der Waals surface area contributed by atoms with Gasteiger partial charge in [0.15, 0.2) is 5.82 Å². The van der Waals surface area contributed by atoms with Crippen LogP contribution in [0.4, 0.5) is 5.82 Å². The van der Waals surface area contributed by atoms with Gasteiger partial charge in [0.05, 0.1) is 6.54 Å². The third-order valence-electron chi connectivity index (χ3n) is 2.13. The third-order valence-corrected chi connectivity index (χ3v) is 3.52. The Kier molecular flexibility index (Phi) is 3.53. The molecule has 2 aromatic rings. The molecule has 0 aliphatic heterocycles. The summed E-state index contributed by atoms with van der Waals surface area (Å²) in [5, 5.41) is 6.30. The van der Waals surface area contributed by atoms with E-state index in [1.807, 2.05) is 0 Å². The molecule has 0 spiro atoms. The molecule has 0 saturated carbocycles. The number of anilines is 1. The summed E-state index contributed by atoms with van der Waals surface area (Å²) >= 11 is 0. The highest BCUT2D eigenvalue weighted by molar-refractivity contribution is 7.89. The number of pyridine rings is 1. The lowest BCUT2D eigenvalue weighted by atomic mass is 10.5. The van der Waals surface area contributed by atoms with E-state index in [-0.39, 0.29) is 17.3 Å². The fraction of sp³-hybridized carbons (Fsp3) is 0.222. The second-order valence-electron chi connectivity index (χ2n) is 3.30. The van der Waals surface area contributed by atoms with Gasteiger partial charge >= 0.3 is 0 Å². The minimum atomic E-state index is -3.62. The number of sulfonamides is 1. The van der Waals surface area contributed by atoms with Crippen LogP contribution in [0.25, 0.3) is 0 Å². The van der Waals surface area contributed by atoms with E-state index in [1.54, 1.807) is 13.1 Å². The van der Waals surface area contributed by atoms with Crippen LogP contribution in [0.15, 0.2) is 34.1 Å². The molecule has 0 saturated heterocycles. The number of rotatable bonds is 5. The van der Waals surface area contributed by atoms with Crippen molar-refractivity contribution in [3.8, 4) is 0 Å². The van der Waals surface area contributed by atoms with Gasteiger partial charge < -0.3 is 9.84 Å². The van der Waals surface area contributed by atoms with Crippen molar-refractivity contribution in [2.24, 2.45) is 0 Å². The summed E-state index contributed by atoms with van der Waals surface area (Å²) in [6, 6.07) is 3.03. The smallest absolute Gasteiger partial charge is 0.242 e. The van der Waals surface area contributed by atoms with Crippen LogP contribution in [0.1, 0.15) is 5.82 Å². The fourth-order valence-electron chi connectivity index (χ4n) is 1.20. The zero-order chi connectivity index (χ0) is 13.0. The lowest BCUT2D eigenvalue weighted by Crippen LogP contribution is -2.24. The van der Waals surface area contributed by atoms with Gasteiger partial charge in [-0.2, -0.15) is 4.98 Å². The molecular formula is C9H11N5O3S. The van der Waals surface area contributed by atoms with Crippen LogP contribution in [-0.2, 0) is 16.6 Å². The molecule has 2 rings (SSSR count). The van der Waals surface area contributed by atoms with Gasteiger partial charge in [-0.1, -0.05) is 5.16 Å². The van der Waals surface area contributed by atoms with Gasteiger partial charge in [-0.05, 0) is 12.1 Å². The Morgan fingerprint density at radius 3 is 2.72 bits per heavy atom. The number of hydrogen-bond acceptors (Lipinski definition) is 7. The molecule has 0 radical (unpaired) electrons. The summed E-state index contributed by atoms with van der Waals surface area (Å²) in [6.45, 7) is -0.0351. The number of aromatic nitrogens is 3. The Bertz CT molecular complexity index is 594. The summed E-state index contributed by atoms with van der Waals surface area (Å²) in [7, 11) is -1.92. The molecule has 2 aromatic heterocycles. The van der Waals surface area contributed by atoms with Gasteiger partial charge in [0.1, 0.15) is 10.7 Å². The predicted octanol–water partition coefficient (Wildman–Crippen LogP) is -0.0152. The lowest BCUT2D eigenvalue weighted by molar-refractivity contribution is 0.409. The topological polar surface area (TPSA) is 110 Å². The maximum atomic E-state index is 11.9. The van der Waals surface area contributed by atoms with E-state index in [1.165, 1.54) is 12.3 Å². The average Bonchev–Trinajstić information content (AvgIpc) is 2.90. The van der Waals surface area contributed by atoms with Gasteiger partial charge in [-0.25, -0.2) is 18.1 Å². The van der Waals surface area contributed by atoms with Crippen LogP contribution >= 0.6 is 0 Å². The Morgan fingerprint density at radius 1 is 1.33 bits per heavy atom. The molecule has 0 aliphatic carbocycles. The van der Waals surface area contributed by atoms with Crippen LogP contribution in [-0.4, -0.2) is 30.6 Å². The summed E-state index contributed by atoms with van der Waals surface area (Å²) in [5.41, 5.74) is 0. The molecule has 0 aromatic carbocycles. The SMILES string of the molecule is CNc1ccc(S(=O)(=O)NCc2ncon2)cn1.